The average molecular weight is 274 g/mol. The van der Waals surface area contributed by atoms with Gasteiger partial charge < -0.3 is 10.2 Å². The SMILES string of the molecule is O=C(Nc1ccccc1N1CCCC1)c1cnns1. The Morgan fingerprint density at radius 2 is 2.05 bits per heavy atom. The molecular weight excluding hydrogens is 260 g/mol. The number of carbonyl (C=O) groups excluding carboxylic acids is 1. The van der Waals surface area contributed by atoms with Gasteiger partial charge in [-0.3, -0.25) is 4.79 Å². The van der Waals surface area contributed by atoms with E-state index in [0.29, 0.717) is 4.88 Å². The van der Waals surface area contributed by atoms with Crippen LogP contribution in [0.1, 0.15) is 22.5 Å². The summed E-state index contributed by atoms with van der Waals surface area (Å²) in [4.78, 5) is 14.9. The second-order valence-electron chi connectivity index (χ2n) is 4.45. The number of benzene rings is 1. The lowest BCUT2D eigenvalue weighted by atomic mass is 10.2. The maximum atomic E-state index is 12.0. The summed E-state index contributed by atoms with van der Waals surface area (Å²) >= 11 is 1.10. The summed E-state index contributed by atoms with van der Waals surface area (Å²) in [5, 5.41) is 6.62. The molecule has 1 N–H and O–H groups in total. The van der Waals surface area contributed by atoms with Crippen LogP contribution in [-0.4, -0.2) is 28.6 Å². The number of amides is 1. The van der Waals surface area contributed by atoms with Gasteiger partial charge in [-0.15, -0.1) is 5.10 Å². The van der Waals surface area contributed by atoms with Gasteiger partial charge in [0.25, 0.3) is 5.91 Å². The topological polar surface area (TPSA) is 58.1 Å². The first-order valence-corrected chi connectivity index (χ1v) is 7.04. The molecule has 1 aromatic heterocycles. The number of rotatable bonds is 3. The number of nitrogens with one attached hydrogen (secondary N) is 1. The van der Waals surface area contributed by atoms with E-state index < -0.39 is 0 Å². The molecule has 1 aromatic carbocycles. The highest BCUT2D eigenvalue weighted by molar-refractivity contribution is 7.07. The third-order valence-electron chi connectivity index (χ3n) is 3.18. The molecule has 0 saturated carbocycles. The van der Waals surface area contributed by atoms with Gasteiger partial charge >= 0.3 is 0 Å². The molecule has 1 aliphatic heterocycles. The number of nitrogens with zero attached hydrogens (tertiary/aromatic N) is 3. The van der Waals surface area contributed by atoms with Crippen LogP contribution in [0.5, 0.6) is 0 Å². The average Bonchev–Trinajstić information content (AvgIpc) is 3.13. The van der Waals surface area contributed by atoms with Crippen LogP contribution in [-0.2, 0) is 0 Å². The van der Waals surface area contributed by atoms with Crippen molar-refractivity contribution in [3.05, 3.63) is 35.3 Å². The van der Waals surface area contributed by atoms with Crippen molar-refractivity contribution in [3.63, 3.8) is 0 Å². The fourth-order valence-corrected chi connectivity index (χ4v) is 2.67. The van der Waals surface area contributed by atoms with Gasteiger partial charge in [0.15, 0.2) is 0 Å². The zero-order valence-electron chi connectivity index (χ0n) is 10.4. The minimum absolute atomic E-state index is 0.151. The van der Waals surface area contributed by atoms with E-state index >= 15 is 0 Å². The van der Waals surface area contributed by atoms with Gasteiger partial charge in [-0.1, -0.05) is 16.6 Å². The summed E-state index contributed by atoms with van der Waals surface area (Å²) in [6.07, 6.45) is 3.90. The quantitative estimate of drug-likeness (QED) is 0.933. The Kier molecular flexibility index (Phi) is 3.41. The van der Waals surface area contributed by atoms with Crippen molar-refractivity contribution in [2.45, 2.75) is 12.8 Å². The number of carbonyl (C=O) groups is 1. The number of anilines is 2. The van der Waals surface area contributed by atoms with Crippen molar-refractivity contribution >= 4 is 28.8 Å². The van der Waals surface area contributed by atoms with E-state index in [1.807, 2.05) is 24.3 Å². The number of para-hydroxylation sites is 2. The molecule has 5 nitrogen and oxygen atoms in total. The lowest BCUT2D eigenvalue weighted by Crippen LogP contribution is -2.20. The molecule has 0 aliphatic carbocycles. The predicted molar refractivity (Wildman–Crippen MR) is 75.8 cm³/mol. The molecule has 0 spiro atoms. The second-order valence-corrected chi connectivity index (χ2v) is 5.23. The summed E-state index contributed by atoms with van der Waals surface area (Å²) in [6, 6.07) is 7.91. The Bertz CT molecular complexity index is 564. The molecule has 1 fully saturated rings. The van der Waals surface area contributed by atoms with Crippen molar-refractivity contribution in [1.29, 1.82) is 0 Å². The largest absolute Gasteiger partial charge is 0.370 e. The van der Waals surface area contributed by atoms with Crippen LogP contribution in [0.3, 0.4) is 0 Å². The molecule has 19 heavy (non-hydrogen) atoms. The minimum atomic E-state index is -0.151. The van der Waals surface area contributed by atoms with Crippen molar-refractivity contribution in [3.8, 4) is 0 Å². The molecule has 6 heteroatoms. The van der Waals surface area contributed by atoms with Crippen LogP contribution >= 0.6 is 11.5 Å². The molecule has 0 atom stereocenters. The highest BCUT2D eigenvalue weighted by atomic mass is 32.1. The van der Waals surface area contributed by atoms with Crippen LogP contribution in [0.4, 0.5) is 11.4 Å². The highest BCUT2D eigenvalue weighted by Crippen LogP contribution is 2.29. The van der Waals surface area contributed by atoms with E-state index in [9.17, 15) is 4.79 Å². The van der Waals surface area contributed by atoms with Crippen molar-refractivity contribution in [1.82, 2.24) is 9.59 Å². The summed E-state index contributed by atoms with van der Waals surface area (Å²) in [5.74, 6) is -0.151. The monoisotopic (exact) mass is 274 g/mol. The Balaban J connectivity index is 1.82. The summed E-state index contributed by atoms with van der Waals surface area (Å²) in [7, 11) is 0. The summed E-state index contributed by atoms with van der Waals surface area (Å²) in [5.41, 5.74) is 1.94. The van der Waals surface area contributed by atoms with Crippen molar-refractivity contribution in [2.24, 2.45) is 0 Å². The molecule has 0 unspecified atom stereocenters. The molecule has 1 aliphatic rings. The fraction of sp³-hybridized carbons (Fsp3) is 0.308. The number of hydrogen-bond donors (Lipinski definition) is 1. The van der Waals surface area contributed by atoms with Gasteiger partial charge in [-0.2, -0.15) is 0 Å². The molecule has 0 radical (unpaired) electrons. The molecular formula is C13H14N4OS. The predicted octanol–water partition coefficient (Wildman–Crippen LogP) is 2.39. The molecule has 1 saturated heterocycles. The third kappa shape index (κ3) is 2.58. The van der Waals surface area contributed by atoms with E-state index in [4.69, 9.17) is 0 Å². The standard InChI is InChI=1S/C13H14N4OS/c18-13(12-9-14-16-19-12)15-10-5-1-2-6-11(10)17-7-3-4-8-17/h1-2,5-6,9H,3-4,7-8H2,(H,15,18). The van der Waals surface area contributed by atoms with Crippen LogP contribution < -0.4 is 10.2 Å². The normalized spacial score (nSPS) is 14.6. The molecule has 98 valence electrons. The van der Waals surface area contributed by atoms with E-state index in [1.54, 1.807) is 0 Å². The van der Waals surface area contributed by atoms with Crippen LogP contribution in [0, 0.1) is 0 Å². The maximum absolute atomic E-state index is 12.0. The van der Waals surface area contributed by atoms with E-state index in [2.05, 4.69) is 19.8 Å². The van der Waals surface area contributed by atoms with Gasteiger partial charge in [0, 0.05) is 13.1 Å². The van der Waals surface area contributed by atoms with Crippen molar-refractivity contribution < 1.29 is 4.79 Å². The zero-order chi connectivity index (χ0) is 13.1. The minimum Gasteiger partial charge on any atom is -0.370 e. The molecule has 2 aromatic rings. The van der Waals surface area contributed by atoms with E-state index in [0.717, 1.165) is 36.0 Å². The van der Waals surface area contributed by atoms with Crippen LogP contribution in [0.15, 0.2) is 30.5 Å². The molecule has 3 rings (SSSR count). The van der Waals surface area contributed by atoms with Gasteiger partial charge in [0.2, 0.25) is 0 Å². The highest BCUT2D eigenvalue weighted by Gasteiger charge is 2.17. The number of aromatic nitrogens is 2. The summed E-state index contributed by atoms with van der Waals surface area (Å²) < 4.78 is 3.71. The van der Waals surface area contributed by atoms with Crippen LogP contribution in [0.25, 0.3) is 0 Å². The Labute approximate surface area is 115 Å². The Hall–Kier alpha value is -1.95. The number of hydrogen-bond acceptors (Lipinski definition) is 5. The zero-order valence-corrected chi connectivity index (χ0v) is 11.2. The third-order valence-corrected chi connectivity index (χ3v) is 3.85. The van der Waals surface area contributed by atoms with Gasteiger partial charge in [0.05, 0.1) is 17.6 Å². The van der Waals surface area contributed by atoms with E-state index in [1.165, 1.54) is 19.0 Å². The lowest BCUT2D eigenvalue weighted by molar-refractivity contribution is 0.103. The van der Waals surface area contributed by atoms with Crippen LogP contribution in [0.2, 0.25) is 0 Å². The first-order valence-electron chi connectivity index (χ1n) is 6.27. The molecule has 1 amide bonds. The first-order chi connectivity index (χ1) is 9.34. The first kappa shape index (κ1) is 12.1. The van der Waals surface area contributed by atoms with Gasteiger partial charge in [-0.25, -0.2) is 0 Å². The van der Waals surface area contributed by atoms with Gasteiger partial charge in [-0.05, 0) is 36.5 Å². The second kappa shape index (κ2) is 5.36. The van der Waals surface area contributed by atoms with E-state index in [-0.39, 0.29) is 5.91 Å². The molecule has 0 bridgehead atoms. The Morgan fingerprint density at radius 3 is 2.79 bits per heavy atom. The Morgan fingerprint density at radius 1 is 1.26 bits per heavy atom. The fourth-order valence-electron chi connectivity index (χ4n) is 2.26. The maximum Gasteiger partial charge on any atom is 0.269 e. The lowest BCUT2D eigenvalue weighted by Gasteiger charge is -2.21. The van der Waals surface area contributed by atoms with Crippen molar-refractivity contribution in [2.75, 3.05) is 23.3 Å². The smallest absolute Gasteiger partial charge is 0.269 e. The summed E-state index contributed by atoms with van der Waals surface area (Å²) in [6.45, 7) is 2.10. The van der Waals surface area contributed by atoms with Gasteiger partial charge in [0.1, 0.15) is 4.88 Å². The molecule has 2 heterocycles.